The van der Waals surface area contributed by atoms with Gasteiger partial charge in [0.15, 0.2) is 0 Å². The van der Waals surface area contributed by atoms with Crippen molar-refractivity contribution in [1.82, 2.24) is 0 Å². The molecule has 2 amide bonds. The smallest absolute Gasteiger partial charge is 0.255 e. The third kappa shape index (κ3) is 8.08. The molecule has 0 aliphatic heterocycles. The maximum atomic E-state index is 12.4. The maximum Gasteiger partial charge on any atom is 0.255 e. The summed E-state index contributed by atoms with van der Waals surface area (Å²) in [6.45, 7) is 2.21. The molecule has 0 aromatic heterocycles. The Balaban J connectivity index is 1.78. The fourth-order valence-electron chi connectivity index (χ4n) is 2.97. The number of anilines is 2. The number of nitrogens with one attached hydrogen (secondary N) is 2. The number of amides is 2. The molecule has 2 aromatic rings. The number of para-hydroxylation sites is 1. The lowest BCUT2D eigenvalue weighted by Gasteiger charge is -2.10. The minimum absolute atomic E-state index is 0.00129. The second-order valence-corrected chi connectivity index (χ2v) is 7.86. The fourth-order valence-corrected chi connectivity index (χ4v) is 3.47. The van der Waals surface area contributed by atoms with Gasteiger partial charge in [-0.2, -0.15) is 0 Å². The zero-order valence-corrected chi connectivity index (χ0v) is 18.3. The number of carbonyl (C=O) groups excluding carboxylic acids is 2. The van der Waals surface area contributed by atoms with E-state index in [0.29, 0.717) is 33.4 Å². The molecule has 4 nitrogen and oxygen atoms in total. The van der Waals surface area contributed by atoms with Gasteiger partial charge in [-0.1, -0.05) is 74.7 Å². The van der Waals surface area contributed by atoms with Crippen molar-refractivity contribution in [2.45, 2.75) is 58.3 Å². The molecule has 0 atom stereocenters. The Kier molecular flexibility index (Phi) is 10.0. The first kappa shape index (κ1) is 23.2. The molecule has 2 aromatic carbocycles. The number of halogens is 2. The summed E-state index contributed by atoms with van der Waals surface area (Å²) >= 11 is 12.2. The van der Waals surface area contributed by atoms with E-state index in [1.165, 1.54) is 32.1 Å². The van der Waals surface area contributed by atoms with Crippen molar-refractivity contribution < 1.29 is 9.59 Å². The van der Waals surface area contributed by atoms with Crippen molar-refractivity contribution >= 4 is 46.4 Å². The van der Waals surface area contributed by atoms with Gasteiger partial charge in [-0.25, -0.2) is 0 Å². The van der Waals surface area contributed by atoms with Gasteiger partial charge in [0, 0.05) is 17.7 Å². The van der Waals surface area contributed by atoms with Crippen LogP contribution in [0.15, 0.2) is 42.5 Å². The topological polar surface area (TPSA) is 58.2 Å². The summed E-state index contributed by atoms with van der Waals surface area (Å²) in [7, 11) is 0. The largest absolute Gasteiger partial charge is 0.326 e. The molecule has 0 aliphatic carbocycles. The Labute approximate surface area is 183 Å². The van der Waals surface area contributed by atoms with Crippen LogP contribution in [0.25, 0.3) is 0 Å². The van der Waals surface area contributed by atoms with E-state index >= 15 is 0 Å². The van der Waals surface area contributed by atoms with E-state index in [2.05, 4.69) is 17.6 Å². The number of carbonyl (C=O) groups is 2. The zero-order valence-electron chi connectivity index (χ0n) is 16.8. The second-order valence-electron chi connectivity index (χ2n) is 7.05. The number of unbranched alkanes of at least 4 members (excludes halogenated alkanes) is 6. The molecular formula is C23H28Cl2N2O2. The number of rotatable bonds is 11. The highest BCUT2D eigenvalue weighted by Crippen LogP contribution is 2.30. The summed E-state index contributed by atoms with van der Waals surface area (Å²) in [5, 5.41) is 6.34. The van der Waals surface area contributed by atoms with Crippen LogP contribution in [0.4, 0.5) is 11.4 Å². The summed E-state index contributed by atoms with van der Waals surface area (Å²) in [6.07, 6.45) is 8.76. The molecule has 0 fully saturated rings. The van der Waals surface area contributed by atoms with Crippen LogP contribution in [0.2, 0.25) is 10.0 Å². The molecule has 0 aliphatic rings. The summed E-state index contributed by atoms with van der Waals surface area (Å²) < 4.78 is 0. The van der Waals surface area contributed by atoms with E-state index in [0.717, 1.165) is 12.8 Å². The van der Waals surface area contributed by atoms with Crippen molar-refractivity contribution in [3.63, 3.8) is 0 Å². The quantitative estimate of drug-likeness (QED) is 0.363. The average Bonchev–Trinajstić information content (AvgIpc) is 2.70. The fraction of sp³-hybridized carbons (Fsp3) is 0.391. The molecule has 29 heavy (non-hydrogen) atoms. The molecule has 156 valence electrons. The first-order chi connectivity index (χ1) is 14.0. The summed E-state index contributed by atoms with van der Waals surface area (Å²) in [6, 6.07) is 11.8. The van der Waals surface area contributed by atoms with Crippen molar-refractivity contribution in [3.05, 3.63) is 58.1 Å². The molecule has 2 N–H and O–H groups in total. The molecule has 2 rings (SSSR count). The number of hydrogen-bond acceptors (Lipinski definition) is 2. The Bertz CT molecular complexity index is 787. The molecule has 0 bridgehead atoms. The van der Waals surface area contributed by atoms with Crippen LogP contribution >= 0.6 is 23.2 Å². The highest BCUT2D eigenvalue weighted by atomic mass is 35.5. The van der Waals surface area contributed by atoms with E-state index in [1.807, 2.05) is 0 Å². The van der Waals surface area contributed by atoms with Gasteiger partial charge in [0.05, 0.1) is 15.7 Å². The molecule has 0 unspecified atom stereocenters. The van der Waals surface area contributed by atoms with Crippen molar-refractivity contribution in [2.24, 2.45) is 0 Å². The molecule has 0 radical (unpaired) electrons. The predicted molar refractivity (Wildman–Crippen MR) is 122 cm³/mol. The van der Waals surface area contributed by atoms with Gasteiger partial charge in [0.25, 0.3) is 5.91 Å². The third-order valence-electron chi connectivity index (χ3n) is 4.64. The van der Waals surface area contributed by atoms with Crippen LogP contribution in [0.1, 0.15) is 68.6 Å². The van der Waals surface area contributed by atoms with Gasteiger partial charge in [-0.05, 0) is 42.8 Å². The number of hydrogen-bond donors (Lipinski definition) is 2. The highest BCUT2D eigenvalue weighted by molar-refractivity contribution is 6.40. The van der Waals surface area contributed by atoms with E-state index in [-0.39, 0.29) is 11.8 Å². The van der Waals surface area contributed by atoms with Gasteiger partial charge in [-0.15, -0.1) is 0 Å². The van der Waals surface area contributed by atoms with Crippen LogP contribution in [0, 0.1) is 0 Å². The SMILES string of the molecule is CCCCCCCCCC(=O)Nc1ccc(C(=O)Nc2c(Cl)cccc2Cl)cc1. The summed E-state index contributed by atoms with van der Waals surface area (Å²) in [5.74, 6) is -0.320. The lowest BCUT2D eigenvalue weighted by atomic mass is 10.1. The molecular weight excluding hydrogens is 407 g/mol. The molecule has 0 saturated carbocycles. The zero-order chi connectivity index (χ0) is 21.1. The van der Waals surface area contributed by atoms with Crippen molar-refractivity contribution in [3.8, 4) is 0 Å². The minimum atomic E-state index is -0.319. The van der Waals surface area contributed by atoms with Gasteiger partial charge in [-0.3, -0.25) is 9.59 Å². The monoisotopic (exact) mass is 434 g/mol. The highest BCUT2D eigenvalue weighted by Gasteiger charge is 2.12. The van der Waals surface area contributed by atoms with Gasteiger partial charge >= 0.3 is 0 Å². The van der Waals surface area contributed by atoms with Gasteiger partial charge in [0.2, 0.25) is 5.91 Å². The van der Waals surface area contributed by atoms with Crippen LogP contribution in [0.5, 0.6) is 0 Å². The lowest BCUT2D eigenvalue weighted by Crippen LogP contribution is -2.14. The first-order valence-electron chi connectivity index (χ1n) is 10.2. The standard InChI is InChI=1S/C23H28Cl2N2O2/c1-2-3-4-5-6-7-8-12-21(28)26-18-15-13-17(14-16-18)23(29)27-22-19(24)10-9-11-20(22)25/h9-11,13-16H,2-8,12H2,1H3,(H,26,28)(H,27,29). The third-order valence-corrected chi connectivity index (χ3v) is 5.27. The average molecular weight is 435 g/mol. The second kappa shape index (κ2) is 12.5. The van der Waals surface area contributed by atoms with Crippen LogP contribution in [-0.4, -0.2) is 11.8 Å². The Morgan fingerprint density at radius 3 is 2.00 bits per heavy atom. The van der Waals surface area contributed by atoms with Gasteiger partial charge in [0.1, 0.15) is 0 Å². The Morgan fingerprint density at radius 1 is 0.793 bits per heavy atom. The summed E-state index contributed by atoms with van der Waals surface area (Å²) in [4.78, 5) is 24.5. The van der Waals surface area contributed by atoms with E-state index in [1.54, 1.807) is 42.5 Å². The van der Waals surface area contributed by atoms with Crippen molar-refractivity contribution in [2.75, 3.05) is 10.6 Å². The minimum Gasteiger partial charge on any atom is -0.326 e. The van der Waals surface area contributed by atoms with E-state index < -0.39 is 0 Å². The van der Waals surface area contributed by atoms with Crippen LogP contribution in [-0.2, 0) is 4.79 Å². The normalized spacial score (nSPS) is 10.6. The predicted octanol–water partition coefficient (Wildman–Crippen LogP) is 7.32. The summed E-state index contributed by atoms with van der Waals surface area (Å²) in [5.41, 5.74) is 1.50. The molecule has 0 heterocycles. The first-order valence-corrected chi connectivity index (χ1v) is 10.9. The maximum absolute atomic E-state index is 12.4. The van der Waals surface area contributed by atoms with Crippen LogP contribution < -0.4 is 10.6 Å². The Morgan fingerprint density at radius 2 is 1.38 bits per heavy atom. The van der Waals surface area contributed by atoms with E-state index in [9.17, 15) is 9.59 Å². The van der Waals surface area contributed by atoms with Crippen LogP contribution in [0.3, 0.4) is 0 Å². The number of benzene rings is 2. The van der Waals surface area contributed by atoms with Crippen molar-refractivity contribution in [1.29, 1.82) is 0 Å². The lowest BCUT2D eigenvalue weighted by molar-refractivity contribution is -0.116. The molecule has 0 spiro atoms. The molecule has 6 heteroatoms. The van der Waals surface area contributed by atoms with E-state index in [4.69, 9.17) is 23.2 Å². The Hall–Kier alpha value is -2.04. The van der Waals surface area contributed by atoms with Gasteiger partial charge < -0.3 is 10.6 Å². The molecule has 0 saturated heterocycles.